The second-order valence-electron chi connectivity index (χ2n) is 4.21. The Kier molecular flexibility index (Phi) is 3.90. The second kappa shape index (κ2) is 5.42. The van der Waals surface area contributed by atoms with Crippen molar-refractivity contribution in [2.45, 2.75) is 18.9 Å². The number of carbonyl (C=O) groups excluding carboxylic acids is 1. The van der Waals surface area contributed by atoms with Gasteiger partial charge in [0.15, 0.2) is 0 Å². The molecule has 0 aromatic carbocycles. The molecule has 1 amide bonds. The average molecular weight is 255 g/mol. The quantitative estimate of drug-likeness (QED) is 0.818. The number of carbonyl (C=O) groups is 1. The van der Waals surface area contributed by atoms with Gasteiger partial charge in [0.05, 0.1) is 0 Å². The van der Waals surface area contributed by atoms with Gasteiger partial charge in [0.25, 0.3) is 5.91 Å². The maximum atomic E-state index is 11.9. The lowest BCUT2D eigenvalue weighted by molar-refractivity contribution is 0.0916. The van der Waals surface area contributed by atoms with Crippen LogP contribution in [0.5, 0.6) is 0 Å². The zero-order chi connectivity index (χ0) is 12.3. The van der Waals surface area contributed by atoms with Gasteiger partial charge in [-0.15, -0.1) is 10.2 Å². The molecular weight excluding hydrogens is 238 g/mol. The Morgan fingerprint density at radius 1 is 1.41 bits per heavy atom. The molecule has 0 aliphatic carbocycles. The Bertz CT molecular complexity index is 386. The number of hydrogen-bond acceptors (Lipinski definition) is 6. The number of nitrogens with one attached hydrogen (secondary N) is 2. The van der Waals surface area contributed by atoms with E-state index >= 15 is 0 Å². The molecule has 0 unspecified atom stereocenters. The SMILES string of the molecule is CNc1nnc(C(=O)NC2CCN(C)CC2)s1. The summed E-state index contributed by atoms with van der Waals surface area (Å²) in [6.07, 6.45) is 2.00. The van der Waals surface area contributed by atoms with Gasteiger partial charge in [0, 0.05) is 13.1 Å². The van der Waals surface area contributed by atoms with E-state index in [1.165, 1.54) is 11.3 Å². The molecule has 94 valence electrons. The van der Waals surface area contributed by atoms with E-state index in [1.54, 1.807) is 7.05 Å². The molecule has 2 heterocycles. The van der Waals surface area contributed by atoms with E-state index in [-0.39, 0.29) is 11.9 Å². The van der Waals surface area contributed by atoms with Gasteiger partial charge in [-0.25, -0.2) is 0 Å². The number of aromatic nitrogens is 2. The van der Waals surface area contributed by atoms with Crippen LogP contribution in [-0.2, 0) is 0 Å². The topological polar surface area (TPSA) is 70.1 Å². The summed E-state index contributed by atoms with van der Waals surface area (Å²) < 4.78 is 0. The van der Waals surface area contributed by atoms with E-state index in [2.05, 4.69) is 32.8 Å². The van der Waals surface area contributed by atoms with Gasteiger partial charge in [-0.1, -0.05) is 11.3 Å². The van der Waals surface area contributed by atoms with Gasteiger partial charge < -0.3 is 15.5 Å². The highest BCUT2D eigenvalue weighted by Crippen LogP contribution is 2.15. The number of nitrogens with zero attached hydrogens (tertiary/aromatic N) is 3. The average Bonchev–Trinajstić information content (AvgIpc) is 2.81. The van der Waals surface area contributed by atoms with Crippen LogP contribution >= 0.6 is 11.3 Å². The molecule has 1 fully saturated rings. The normalized spacial score (nSPS) is 18.0. The molecule has 0 atom stereocenters. The molecule has 1 saturated heterocycles. The van der Waals surface area contributed by atoms with Crippen LogP contribution < -0.4 is 10.6 Å². The largest absolute Gasteiger partial charge is 0.363 e. The summed E-state index contributed by atoms with van der Waals surface area (Å²) in [7, 11) is 3.86. The number of hydrogen-bond donors (Lipinski definition) is 2. The molecule has 0 radical (unpaired) electrons. The van der Waals surface area contributed by atoms with Crippen molar-refractivity contribution in [2.24, 2.45) is 0 Å². The summed E-state index contributed by atoms with van der Waals surface area (Å²) in [5.41, 5.74) is 0. The minimum Gasteiger partial charge on any atom is -0.363 e. The Balaban J connectivity index is 1.88. The van der Waals surface area contributed by atoms with Gasteiger partial charge in [-0.2, -0.15) is 0 Å². The lowest BCUT2D eigenvalue weighted by Crippen LogP contribution is -2.43. The fraction of sp³-hybridized carbons (Fsp3) is 0.700. The van der Waals surface area contributed by atoms with Crippen molar-refractivity contribution in [1.29, 1.82) is 0 Å². The standard InChI is InChI=1S/C10H17N5OS/c1-11-10-14-13-9(17-10)8(16)12-7-3-5-15(2)6-4-7/h7H,3-6H2,1-2H3,(H,11,14)(H,12,16). The predicted molar refractivity (Wildman–Crippen MR) is 67.4 cm³/mol. The minimum atomic E-state index is -0.112. The van der Waals surface area contributed by atoms with Crippen LogP contribution in [0.1, 0.15) is 22.6 Å². The highest BCUT2D eigenvalue weighted by atomic mass is 32.1. The van der Waals surface area contributed by atoms with Gasteiger partial charge in [0.1, 0.15) is 0 Å². The molecule has 2 rings (SSSR count). The first-order valence-corrected chi connectivity index (χ1v) is 6.51. The molecule has 2 N–H and O–H groups in total. The third-order valence-corrected chi connectivity index (χ3v) is 3.83. The van der Waals surface area contributed by atoms with Crippen molar-refractivity contribution >= 4 is 22.4 Å². The highest BCUT2D eigenvalue weighted by molar-refractivity contribution is 7.17. The Morgan fingerprint density at radius 2 is 2.12 bits per heavy atom. The van der Waals surface area contributed by atoms with Gasteiger partial charge in [-0.05, 0) is 33.0 Å². The number of piperidine rings is 1. The number of amides is 1. The van der Waals surface area contributed by atoms with E-state index in [0.29, 0.717) is 10.1 Å². The van der Waals surface area contributed by atoms with Gasteiger partial charge in [0.2, 0.25) is 10.1 Å². The third kappa shape index (κ3) is 3.13. The van der Waals surface area contributed by atoms with Gasteiger partial charge >= 0.3 is 0 Å². The van der Waals surface area contributed by atoms with Crippen molar-refractivity contribution in [3.63, 3.8) is 0 Å². The van der Waals surface area contributed by atoms with Crippen LogP contribution in [0.25, 0.3) is 0 Å². The molecule has 1 aliphatic heterocycles. The van der Waals surface area contributed by atoms with Crippen molar-refractivity contribution in [1.82, 2.24) is 20.4 Å². The summed E-state index contributed by atoms with van der Waals surface area (Å²) in [6.45, 7) is 2.06. The third-order valence-electron chi connectivity index (χ3n) is 2.89. The van der Waals surface area contributed by atoms with Crippen LogP contribution in [0.2, 0.25) is 0 Å². The molecule has 1 aromatic rings. The fourth-order valence-corrected chi connectivity index (χ4v) is 2.42. The zero-order valence-electron chi connectivity index (χ0n) is 10.1. The lowest BCUT2D eigenvalue weighted by atomic mass is 10.1. The molecule has 0 spiro atoms. The Morgan fingerprint density at radius 3 is 2.71 bits per heavy atom. The van der Waals surface area contributed by atoms with E-state index < -0.39 is 0 Å². The molecule has 1 aromatic heterocycles. The summed E-state index contributed by atoms with van der Waals surface area (Å²) in [6, 6.07) is 0.264. The summed E-state index contributed by atoms with van der Waals surface area (Å²) in [5, 5.41) is 14.7. The summed E-state index contributed by atoms with van der Waals surface area (Å²) in [4.78, 5) is 14.1. The molecule has 0 saturated carbocycles. The van der Waals surface area contributed by atoms with Crippen molar-refractivity contribution in [3.8, 4) is 0 Å². The van der Waals surface area contributed by atoms with E-state index in [4.69, 9.17) is 0 Å². The maximum Gasteiger partial charge on any atom is 0.282 e. The first kappa shape index (κ1) is 12.3. The molecule has 17 heavy (non-hydrogen) atoms. The van der Waals surface area contributed by atoms with Crippen molar-refractivity contribution in [2.75, 3.05) is 32.5 Å². The predicted octanol–water partition coefficient (Wildman–Crippen LogP) is 0.404. The molecule has 7 heteroatoms. The fourth-order valence-electron chi connectivity index (χ4n) is 1.82. The minimum absolute atomic E-state index is 0.112. The summed E-state index contributed by atoms with van der Waals surface area (Å²) >= 11 is 1.27. The first-order chi connectivity index (χ1) is 8.19. The van der Waals surface area contributed by atoms with Crippen LogP contribution in [0.4, 0.5) is 5.13 Å². The van der Waals surface area contributed by atoms with Crippen LogP contribution in [0.15, 0.2) is 0 Å². The lowest BCUT2D eigenvalue weighted by Gasteiger charge is -2.29. The first-order valence-electron chi connectivity index (χ1n) is 5.69. The Hall–Kier alpha value is -1.21. The maximum absolute atomic E-state index is 11.9. The smallest absolute Gasteiger partial charge is 0.282 e. The van der Waals surface area contributed by atoms with Crippen molar-refractivity contribution < 1.29 is 4.79 Å². The second-order valence-corrected chi connectivity index (χ2v) is 5.19. The molecule has 6 nitrogen and oxygen atoms in total. The highest BCUT2D eigenvalue weighted by Gasteiger charge is 2.20. The summed E-state index contributed by atoms with van der Waals surface area (Å²) in [5.74, 6) is -0.112. The van der Waals surface area contributed by atoms with E-state index in [9.17, 15) is 4.79 Å². The van der Waals surface area contributed by atoms with Crippen LogP contribution in [0.3, 0.4) is 0 Å². The van der Waals surface area contributed by atoms with Crippen LogP contribution in [0, 0.1) is 0 Å². The van der Waals surface area contributed by atoms with E-state index in [1.807, 2.05) is 0 Å². The van der Waals surface area contributed by atoms with Crippen LogP contribution in [-0.4, -0.2) is 54.2 Å². The monoisotopic (exact) mass is 255 g/mol. The number of rotatable bonds is 3. The molecular formula is C10H17N5OS. The number of anilines is 1. The molecule has 1 aliphatic rings. The molecule has 0 bridgehead atoms. The van der Waals surface area contributed by atoms with Gasteiger partial charge in [-0.3, -0.25) is 4.79 Å². The van der Waals surface area contributed by atoms with E-state index in [0.717, 1.165) is 25.9 Å². The van der Waals surface area contributed by atoms with Crippen molar-refractivity contribution in [3.05, 3.63) is 5.01 Å². The Labute approximate surface area is 104 Å². The zero-order valence-corrected chi connectivity index (χ0v) is 10.9. The number of likely N-dealkylation sites (tertiary alicyclic amines) is 1.